The molecule has 1 heterocycles. The second-order valence-electron chi connectivity index (χ2n) is 4.22. The van der Waals surface area contributed by atoms with Gasteiger partial charge in [0.05, 0.1) is 5.69 Å². The summed E-state index contributed by atoms with van der Waals surface area (Å²) in [5.74, 6) is 0.140. The second-order valence-corrected chi connectivity index (χ2v) is 4.63. The summed E-state index contributed by atoms with van der Waals surface area (Å²) in [5, 5.41) is 0. The van der Waals surface area contributed by atoms with Crippen molar-refractivity contribution < 1.29 is 0 Å². The molecule has 0 saturated heterocycles. The molecule has 0 aliphatic heterocycles. The van der Waals surface area contributed by atoms with Crippen LogP contribution in [0.25, 0.3) is 11.3 Å². The van der Waals surface area contributed by atoms with Crippen LogP contribution >= 0.6 is 12.2 Å². The Labute approximate surface area is 105 Å². The normalized spacial score (nSPS) is 10.8. The monoisotopic (exact) mass is 246 g/mol. The van der Waals surface area contributed by atoms with Gasteiger partial charge >= 0.3 is 0 Å². The Hall–Kier alpha value is -1.68. The molecule has 17 heavy (non-hydrogen) atoms. The zero-order valence-electron chi connectivity index (χ0n) is 9.78. The van der Waals surface area contributed by atoms with Gasteiger partial charge in [0.15, 0.2) is 4.77 Å². The number of rotatable bonds is 2. The number of aromatic nitrogens is 2. The quantitative estimate of drug-likeness (QED) is 0.799. The van der Waals surface area contributed by atoms with Crippen LogP contribution in [0.4, 0.5) is 0 Å². The van der Waals surface area contributed by atoms with Crippen molar-refractivity contribution in [3.8, 4) is 11.3 Å². The predicted octanol–water partition coefficient (Wildman–Crippen LogP) is 3.22. The lowest BCUT2D eigenvalue weighted by atomic mass is 9.98. The molecule has 2 N–H and O–H groups in total. The summed E-state index contributed by atoms with van der Waals surface area (Å²) in [4.78, 5) is 17.6. The first-order valence-corrected chi connectivity index (χ1v) is 5.92. The number of benzene rings is 1. The molecule has 88 valence electrons. The fraction of sp³-hybridized carbons (Fsp3) is 0.231. The zero-order valence-corrected chi connectivity index (χ0v) is 10.6. The van der Waals surface area contributed by atoms with Crippen LogP contribution in [0.3, 0.4) is 0 Å². The molecule has 2 aromatic rings. The van der Waals surface area contributed by atoms with Crippen molar-refractivity contribution in [2.24, 2.45) is 0 Å². The van der Waals surface area contributed by atoms with Crippen LogP contribution in [0.2, 0.25) is 0 Å². The van der Waals surface area contributed by atoms with Gasteiger partial charge in [0.25, 0.3) is 5.56 Å². The van der Waals surface area contributed by atoms with Gasteiger partial charge in [-0.3, -0.25) is 9.78 Å². The zero-order chi connectivity index (χ0) is 12.4. The first-order valence-electron chi connectivity index (χ1n) is 5.51. The minimum absolute atomic E-state index is 0.109. The molecule has 2 rings (SSSR count). The minimum Gasteiger partial charge on any atom is -0.331 e. The van der Waals surface area contributed by atoms with Crippen LogP contribution in [0.15, 0.2) is 35.1 Å². The Morgan fingerprint density at radius 1 is 1.12 bits per heavy atom. The van der Waals surface area contributed by atoms with Gasteiger partial charge in [0.2, 0.25) is 0 Å². The van der Waals surface area contributed by atoms with Crippen molar-refractivity contribution in [1.82, 2.24) is 9.97 Å². The summed E-state index contributed by atoms with van der Waals surface area (Å²) in [7, 11) is 0. The van der Waals surface area contributed by atoms with E-state index in [0.29, 0.717) is 4.77 Å². The van der Waals surface area contributed by atoms with E-state index < -0.39 is 0 Å². The third kappa shape index (κ3) is 2.36. The van der Waals surface area contributed by atoms with Crippen molar-refractivity contribution in [2.45, 2.75) is 19.8 Å². The van der Waals surface area contributed by atoms with E-state index in [1.807, 2.05) is 44.2 Å². The van der Waals surface area contributed by atoms with Gasteiger partial charge in [0.1, 0.15) is 0 Å². The SMILES string of the molecule is CC(C)c1c(-c2ccccc2)[nH]c(=S)[nH]c1=O. The maximum absolute atomic E-state index is 11.9. The largest absolute Gasteiger partial charge is 0.331 e. The van der Waals surface area contributed by atoms with E-state index in [-0.39, 0.29) is 11.5 Å². The summed E-state index contributed by atoms with van der Waals surface area (Å²) < 4.78 is 0.359. The van der Waals surface area contributed by atoms with E-state index >= 15 is 0 Å². The maximum Gasteiger partial charge on any atom is 0.255 e. The first-order chi connectivity index (χ1) is 8.09. The molecule has 0 saturated carbocycles. The number of aromatic amines is 2. The summed E-state index contributed by atoms with van der Waals surface area (Å²) >= 11 is 5.02. The third-order valence-electron chi connectivity index (χ3n) is 2.62. The van der Waals surface area contributed by atoms with Gasteiger partial charge in [-0.15, -0.1) is 0 Å². The van der Waals surface area contributed by atoms with Crippen LogP contribution in [0.5, 0.6) is 0 Å². The molecule has 0 atom stereocenters. The lowest BCUT2D eigenvalue weighted by Gasteiger charge is -2.11. The van der Waals surface area contributed by atoms with Crippen LogP contribution in [0, 0.1) is 4.77 Å². The molecule has 0 aliphatic carbocycles. The average molecular weight is 246 g/mol. The van der Waals surface area contributed by atoms with E-state index in [0.717, 1.165) is 16.8 Å². The molecule has 0 bridgehead atoms. The minimum atomic E-state index is -0.109. The summed E-state index contributed by atoms with van der Waals surface area (Å²) in [6.07, 6.45) is 0. The van der Waals surface area contributed by atoms with Gasteiger partial charge in [-0.2, -0.15) is 0 Å². The maximum atomic E-state index is 11.9. The van der Waals surface area contributed by atoms with Crippen molar-refractivity contribution in [3.05, 3.63) is 51.0 Å². The fourth-order valence-electron chi connectivity index (χ4n) is 1.88. The van der Waals surface area contributed by atoms with E-state index in [1.165, 1.54) is 0 Å². The first kappa shape index (κ1) is 11.8. The van der Waals surface area contributed by atoms with Crippen LogP contribution in [-0.4, -0.2) is 9.97 Å². The van der Waals surface area contributed by atoms with Gasteiger partial charge in [-0.05, 0) is 23.7 Å². The van der Waals surface area contributed by atoms with Crippen LogP contribution in [0.1, 0.15) is 25.3 Å². The highest BCUT2D eigenvalue weighted by atomic mass is 32.1. The number of hydrogen-bond donors (Lipinski definition) is 2. The Morgan fingerprint density at radius 3 is 2.35 bits per heavy atom. The standard InChI is InChI=1S/C13H14N2OS/c1-8(2)10-11(9-6-4-3-5-7-9)14-13(17)15-12(10)16/h3-8H,1-2H3,(H2,14,15,16,17). The molecule has 0 unspecified atom stereocenters. The predicted molar refractivity (Wildman–Crippen MR) is 71.8 cm³/mol. The molecule has 0 radical (unpaired) electrons. The highest BCUT2D eigenvalue weighted by Crippen LogP contribution is 2.23. The lowest BCUT2D eigenvalue weighted by Crippen LogP contribution is -2.17. The highest BCUT2D eigenvalue weighted by Gasteiger charge is 2.13. The summed E-state index contributed by atoms with van der Waals surface area (Å²) in [6, 6.07) is 9.76. The molecule has 0 aliphatic rings. The Morgan fingerprint density at radius 2 is 1.76 bits per heavy atom. The smallest absolute Gasteiger partial charge is 0.255 e. The fourth-order valence-corrected chi connectivity index (χ4v) is 2.07. The van der Waals surface area contributed by atoms with Crippen molar-refractivity contribution in [2.75, 3.05) is 0 Å². The Kier molecular flexibility index (Phi) is 3.24. The van der Waals surface area contributed by atoms with E-state index in [1.54, 1.807) is 0 Å². The lowest BCUT2D eigenvalue weighted by molar-refractivity contribution is 0.831. The average Bonchev–Trinajstić information content (AvgIpc) is 2.28. The van der Waals surface area contributed by atoms with Gasteiger partial charge in [-0.25, -0.2) is 0 Å². The van der Waals surface area contributed by atoms with Gasteiger partial charge in [0, 0.05) is 5.56 Å². The van der Waals surface area contributed by atoms with Crippen LogP contribution in [-0.2, 0) is 0 Å². The number of H-pyrrole nitrogens is 2. The second kappa shape index (κ2) is 4.67. The Bertz CT molecular complexity index is 626. The molecule has 1 aromatic heterocycles. The molecular formula is C13H14N2OS. The van der Waals surface area contributed by atoms with E-state index in [9.17, 15) is 4.79 Å². The topological polar surface area (TPSA) is 48.6 Å². The summed E-state index contributed by atoms with van der Waals surface area (Å²) in [6.45, 7) is 3.99. The van der Waals surface area contributed by atoms with E-state index in [2.05, 4.69) is 9.97 Å². The number of nitrogens with one attached hydrogen (secondary N) is 2. The molecule has 0 spiro atoms. The van der Waals surface area contributed by atoms with Crippen molar-refractivity contribution >= 4 is 12.2 Å². The molecule has 4 heteroatoms. The van der Waals surface area contributed by atoms with Crippen LogP contribution < -0.4 is 5.56 Å². The molecular weight excluding hydrogens is 232 g/mol. The third-order valence-corrected chi connectivity index (χ3v) is 2.82. The van der Waals surface area contributed by atoms with Crippen molar-refractivity contribution in [1.29, 1.82) is 0 Å². The Balaban J connectivity index is 2.77. The van der Waals surface area contributed by atoms with E-state index in [4.69, 9.17) is 12.2 Å². The summed E-state index contributed by atoms with van der Waals surface area (Å²) in [5.41, 5.74) is 2.43. The molecule has 0 fully saturated rings. The molecule has 3 nitrogen and oxygen atoms in total. The number of hydrogen-bond acceptors (Lipinski definition) is 2. The molecule has 1 aromatic carbocycles. The van der Waals surface area contributed by atoms with Gasteiger partial charge < -0.3 is 4.98 Å². The van der Waals surface area contributed by atoms with Gasteiger partial charge in [-0.1, -0.05) is 44.2 Å². The van der Waals surface area contributed by atoms with Crippen molar-refractivity contribution in [3.63, 3.8) is 0 Å². The molecule has 0 amide bonds. The highest BCUT2D eigenvalue weighted by molar-refractivity contribution is 7.71.